The molecule has 2 rings (SSSR count). The smallest absolute Gasteiger partial charge is 0.251 e. The van der Waals surface area contributed by atoms with Crippen LogP contribution in [0.1, 0.15) is 28.4 Å². The number of benzene rings is 2. The molecule has 104 valence electrons. The standard InChI is InChI=1S/C17H19NO2/c1-3-20-16-10-8-14(9-11-16)17(19)18-12-15-7-5-4-6-13(15)2/h4-11H,3,12H2,1-2H3,(H,18,19). The second-order valence-corrected chi connectivity index (χ2v) is 4.57. The molecular weight excluding hydrogens is 250 g/mol. The zero-order chi connectivity index (χ0) is 14.4. The Labute approximate surface area is 119 Å². The summed E-state index contributed by atoms with van der Waals surface area (Å²) in [7, 11) is 0. The highest BCUT2D eigenvalue weighted by atomic mass is 16.5. The van der Waals surface area contributed by atoms with E-state index < -0.39 is 0 Å². The van der Waals surface area contributed by atoms with Gasteiger partial charge < -0.3 is 10.1 Å². The molecule has 2 aromatic rings. The van der Waals surface area contributed by atoms with E-state index >= 15 is 0 Å². The molecule has 2 aromatic carbocycles. The summed E-state index contributed by atoms with van der Waals surface area (Å²) in [6, 6.07) is 15.2. The number of carbonyl (C=O) groups excluding carboxylic acids is 1. The predicted octanol–water partition coefficient (Wildman–Crippen LogP) is 3.32. The van der Waals surface area contributed by atoms with Gasteiger partial charge in [0.2, 0.25) is 0 Å². The van der Waals surface area contributed by atoms with Crippen molar-refractivity contribution in [3.05, 3.63) is 65.2 Å². The Morgan fingerprint density at radius 2 is 1.80 bits per heavy atom. The van der Waals surface area contributed by atoms with Crippen molar-refractivity contribution >= 4 is 5.91 Å². The van der Waals surface area contributed by atoms with Gasteiger partial charge in [-0.2, -0.15) is 0 Å². The minimum Gasteiger partial charge on any atom is -0.494 e. The molecule has 0 heterocycles. The largest absolute Gasteiger partial charge is 0.494 e. The highest BCUT2D eigenvalue weighted by Crippen LogP contribution is 2.12. The Balaban J connectivity index is 1.96. The number of hydrogen-bond donors (Lipinski definition) is 1. The fraction of sp³-hybridized carbons (Fsp3) is 0.235. The van der Waals surface area contributed by atoms with Gasteiger partial charge in [0.25, 0.3) is 5.91 Å². The number of rotatable bonds is 5. The molecule has 1 amide bonds. The third kappa shape index (κ3) is 3.60. The van der Waals surface area contributed by atoms with Gasteiger partial charge in [-0.05, 0) is 49.2 Å². The summed E-state index contributed by atoms with van der Waals surface area (Å²) in [5.74, 6) is 0.708. The van der Waals surface area contributed by atoms with Gasteiger partial charge in [0.05, 0.1) is 6.61 Å². The van der Waals surface area contributed by atoms with Crippen molar-refractivity contribution < 1.29 is 9.53 Å². The normalized spacial score (nSPS) is 10.1. The molecule has 0 bridgehead atoms. The lowest BCUT2D eigenvalue weighted by Crippen LogP contribution is -2.23. The van der Waals surface area contributed by atoms with E-state index in [9.17, 15) is 4.79 Å². The zero-order valence-electron chi connectivity index (χ0n) is 11.8. The Hall–Kier alpha value is -2.29. The van der Waals surface area contributed by atoms with Crippen LogP contribution in [-0.4, -0.2) is 12.5 Å². The monoisotopic (exact) mass is 269 g/mol. The van der Waals surface area contributed by atoms with Crippen LogP contribution >= 0.6 is 0 Å². The highest BCUT2D eigenvalue weighted by Gasteiger charge is 2.06. The van der Waals surface area contributed by atoms with Crippen molar-refractivity contribution in [2.24, 2.45) is 0 Å². The summed E-state index contributed by atoms with van der Waals surface area (Å²) in [4.78, 5) is 12.0. The first-order valence-corrected chi connectivity index (χ1v) is 6.76. The first-order valence-electron chi connectivity index (χ1n) is 6.76. The number of carbonyl (C=O) groups is 1. The number of ether oxygens (including phenoxy) is 1. The molecule has 3 nitrogen and oxygen atoms in total. The van der Waals surface area contributed by atoms with Gasteiger partial charge in [-0.3, -0.25) is 4.79 Å². The topological polar surface area (TPSA) is 38.3 Å². The molecule has 0 spiro atoms. The fourth-order valence-corrected chi connectivity index (χ4v) is 1.96. The van der Waals surface area contributed by atoms with Crippen molar-refractivity contribution in [3.63, 3.8) is 0 Å². The van der Waals surface area contributed by atoms with Crippen LogP contribution in [0.25, 0.3) is 0 Å². The molecule has 20 heavy (non-hydrogen) atoms. The first-order chi connectivity index (χ1) is 9.70. The van der Waals surface area contributed by atoms with Gasteiger partial charge >= 0.3 is 0 Å². The third-order valence-corrected chi connectivity index (χ3v) is 3.13. The maximum Gasteiger partial charge on any atom is 0.251 e. The molecule has 0 saturated carbocycles. The van der Waals surface area contributed by atoms with Gasteiger partial charge in [0, 0.05) is 12.1 Å². The van der Waals surface area contributed by atoms with Crippen LogP contribution in [-0.2, 0) is 6.54 Å². The zero-order valence-corrected chi connectivity index (χ0v) is 11.8. The predicted molar refractivity (Wildman–Crippen MR) is 80.0 cm³/mol. The molecule has 1 N–H and O–H groups in total. The van der Waals surface area contributed by atoms with Gasteiger partial charge in [-0.15, -0.1) is 0 Å². The summed E-state index contributed by atoms with van der Waals surface area (Å²) >= 11 is 0. The molecular formula is C17H19NO2. The number of hydrogen-bond acceptors (Lipinski definition) is 2. The molecule has 0 unspecified atom stereocenters. The average Bonchev–Trinajstić information content (AvgIpc) is 2.47. The van der Waals surface area contributed by atoms with Crippen LogP contribution in [0.15, 0.2) is 48.5 Å². The summed E-state index contributed by atoms with van der Waals surface area (Å²) in [5.41, 5.74) is 2.95. The van der Waals surface area contributed by atoms with Crippen LogP contribution in [0.5, 0.6) is 5.75 Å². The van der Waals surface area contributed by atoms with Crippen LogP contribution in [0.2, 0.25) is 0 Å². The highest BCUT2D eigenvalue weighted by molar-refractivity contribution is 5.94. The van der Waals surface area contributed by atoms with Crippen LogP contribution in [0.4, 0.5) is 0 Å². The molecule has 0 aliphatic heterocycles. The van der Waals surface area contributed by atoms with Crippen molar-refractivity contribution in [3.8, 4) is 5.75 Å². The van der Waals surface area contributed by atoms with E-state index in [-0.39, 0.29) is 5.91 Å². The van der Waals surface area contributed by atoms with E-state index in [1.54, 1.807) is 12.1 Å². The molecule has 3 heteroatoms. The number of amides is 1. The van der Waals surface area contributed by atoms with Gasteiger partial charge in [0.1, 0.15) is 5.75 Å². The van der Waals surface area contributed by atoms with Gasteiger partial charge in [-0.1, -0.05) is 24.3 Å². The maximum atomic E-state index is 12.0. The Kier molecular flexibility index (Phi) is 4.77. The van der Waals surface area contributed by atoms with E-state index in [0.29, 0.717) is 18.7 Å². The maximum absolute atomic E-state index is 12.0. The molecule has 0 atom stereocenters. The SMILES string of the molecule is CCOc1ccc(C(=O)NCc2ccccc2C)cc1. The van der Waals surface area contributed by atoms with E-state index in [2.05, 4.69) is 5.32 Å². The lowest BCUT2D eigenvalue weighted by molar-refractivity contribution is 0.0951. The molecule has 0 radical (unpaired) electrons. The lowest BCUT2D eigenvalue weighted by Gasteiger charge is -2.08. The summed E-state index contributed by atoms with van der Waals surface area (Å²) in [5, 5.41) is 2.93. The Bertz CT molecular complexity index is 576. The first kappa shape index (κ1) is 14.1. The van der Waals surface area contributed by atoms with E-state index in [1.165, 1.54) is 5.56 Å². The third-order valence-electron chi connectivity index (χ3n) is 3.13. The second-order valence-electron chi connectivity index (χ2n) is 4.57. The molecule has 0 aliphatic carbocycles. The minimum absolute atomic E-state index is 0.0729. The van der Waals surface area contributed by atoms with E-state index in [4.69, 9.17) is 4.74 Å². The summed E-state index contributed by atoms with van der Waals surface area (Å²) < 4.78 is 5.35. The van der Waals surface area contributed by atoms with Crippen LogP contribution in [0.3, 0.4) is 0 Å². The lowest BCUT2D eigenvalue weighted by atomic mass is 10.1. The molecule has 0 fully saturated rings. The van der Waals surface area contributed by atoms with Gasteiger partial charge in [-0.25, -0.2) is 0 Å². The van der Waals surface area contributed by atoms with Crippen LogP contribution in [0, 0.1) is 6.92 Å². The summed E-state index contributed by atoms with van der Waals surface area (Å²) in [6.45, 7) is 5.14. The Morgan fingerprint density at radius 3 is 2.45 bits per heavy atom. The molecule has 0 aliphatic rings. The van der Waals surface area contributed by atoms with E-state index in [0.717, 1.165) is 11.3 Å². The minimum atomic E-state index is -0.0729. The summed E-state index contributed by atoms with van der Waals surface area (Å²) in [6.07, 6.45) is 0. The number of nitrogens with one attached hydrogen (secondary N) is 1. The van der Waals surface area contributed by atoms with Gasteiger partial charge in [0.15, 0.2) is 0 Å². The average molecular weight is 269 g/mol. The van der Waals surface area contributed by atoms with Crippen molar-refractivity contribution in [2.75, 3.05) is 6.61 Å². The van der Waals surface area contributed by atoms with E-state index in [1.807, 2.05) is 50.2 Å². The quantitative estimate of drug-likeness (QED) is 0.904. The second kappa shape index (κ2) is 6.75. The molecule has 0 saturated heterocycles. The fourth-order valence-electron chi connectivity index (χ4n) is 1.96. The van der Waals surface area contributed by atoms with Crippen LogP contribution < -0.4 is 10.1 Å². The van der Waals surface area contributed by atoms with Crippen molar-refractivity contribution in [2.45, 2.75) is 20.4 Å². The Morgan fingerprint density at radius 1 is 1.10 bits per heavy atom. The number of aryl methyl sites for hydroxylation is 1. The van der Waals surface area contributed by atoms with Crippen molar-refractivity contribution in [1.82, 2.24) is 5.32 Å². The molecule has 0 aromatic heterocycles. The van der Waals surface area contributed by atoms with Crippen molar-refractivity contribution in [1.29, 1.82) is 0 Å².